The van der Waals surface area contributed by atoms with Crippen molar-refractivity contribution in [2.24, 2.45) is 0 Å². The third-order valence-corrected chi connectivity index (χ3v) is 3.26. The molecule has 0 bridgehead atoms. The number of nitrogens with zero attached hydrogens (tertiary/aromatic N) is 3. The van der Waals surface area contributed by atoms with Gasteiger partial charge in [-0.25, -0.2) is 0 Å². The van der Waals surface area contributed by atoms with E-state index in [9.17, 15) is 4.79 Å². The normalized spacial score (nSPS) is 10.1. The smallest absolute Gasteiger partial charge is 0.322 e. The fraction of sp³-hybridized carbons (Fsp3) is 0.375. The molecular formula is C16H20N4O5. The molecule has 0 aliphatic heterocycles. The van der Waals surface area contributed by atoms with Crippen molar-refractivity contribution >= 4 is 5.91 Å². The van der Waals surface area contributed by atoms with Crippen molar-refractivity contribution in [2.75, 3.05) is 28.4 Å². The van der Waals surface area contributed by atoms with Gasteiger partial charge in [0.15, 0.2) is 17.3 Å². The quantitative estimate of drug-likeness (QED) is 0.746. The molecule has 0 saturated carbocycles. The molecule has 2 aromatic rings. The molecule has 0 unspecified atom stereocenters. The number of benzene rings is 1. The van der Waals surface area contributed by atoms with Crippen molar-refractivity contribution < 1.29 is 23.7 Å². The minimum absolute atomic E-state index is 0.121. The zero-order valence-electron chi connectivity index (χ0n) is 14.5. The SMILES string of the molecule is COc1nc(CNC(=O)Cc2ccc(OC)c(OC)c2)nc(OC)n1. The van der Waals surface area contributed by atoms with E-state index in [4.69, 9.17) is 18.9 Å². The number of rotatable bonds is 8. The van der Waals surface area contributed by atoms with E-state index in [-0.39, 0.29) is 30.9 Å². The average molecular weight is 348 g/mol. The average Bonchev–Trinajstić information content (AvgIpc) is 2.65. The van der Waals surface area contributed by atoms with E-state index >= 15 is 0 Å². The highest BCUT2D eigenvalue weighted by molar-refractivity contribution is 5.78. The molecular weight excluding hydrogens is 328 g/mol. The lowest BCUT2D eigenvalue weighted by Gasteiger charge is -2.10. The van der Waals surface area contributed by atoms with E-state index in [1.54, 1.807) is 32.4 Å². The highest BCUT2D eigenvalue weighted by Crippen LogP contribution is 2.27. The highest BCUT2D eigenvalue weighted by atomic mass is 16.5. The minimum Gasteiger partial charge on any atom is -0.493 e. The molecule has 0 aliphatic rings. The van der Waals surface area contributed by atoms with Crippen molar-refractivity contribution in [1.82, 2.24) is 20.3 Å². The molecule has 0 radical (unpaired) electrons. The fourth-order valence-corrected chi connectivity index (χ4v) is 2.06. The van der Waals surface area contributed by atoms with Gasteiger partial charge in [-0.2, -0.15) is 9.97 Å². The van der Waals surface area contributed by atoms with Crippen LogP contribution in [0.4, 0.5) is 0 Å². The summed E-state index contributed by atoms with van der Waals surface area (Å²) in [7, 11) is 5.98. The lowest BCUT2D eigenvalue weighted by Crippen LogP contribution is -2.25. The van der Waals surface area contributed by atoms with Crippen LogP contribution in [0.5, 0.6) is 23.5 Å². The van der Waals surface area contributed by atoms with Crippen LogP contribution in [0.3, 0.4) is 0 Å². The van der Waals surface area contributed by atoms with Crippen molar-refractivity contribution in [3.63, 3.8) is 0 Å². The molecule has 9 nitrogen and oxygen atoms in total. The number of nitrogens with one attached hydrogen (secondary N) is 1. The molecule has 1 amide bonds. The molecule has 0 saturated heterocycles. The Hall–Kier alpha value is -3.10. The van der Waals surface area contributed by atoms with E-state index in [2.05, 4.69) is 20.3 Å². The van der Waals surface area contributed by atoms with Gasteiger partial charge < -0.3 is 24.3 Å². The number of carbonyl (C=O) groups is 1. The van der Waals surface area contributed by atoms with Crippen LogP contribution in [0.2, 0.25) is 0 Å². The van der Waals surface area contributed by atoms with E-state index in [1.807, 2.05) is 0 Å². The van der Waals surface area contributed by atoms with E-state index in [1.165, 1.54) is 14.2 Å². The van der Waals surface area contributed by atoms with Crippen LogP contribution in [-0.4, -0.2) is 49.3 Å². The van der Waals surface area contributed by atoms with Crippen LogP contribution in [0, 0.1) is 0 Å². The van der Waals surface area contributed by atoms with Crippen molar-refractivity contribution in [3.05, 3.63) is 29.6 Å². The Morgan fingerprint density at radius 1 is 0.920 bits per heavy atom. The van der Waals surface area contributed by atoms with Crippen molar-refractivity contribution in [1.29, 1.82) is 0 Å². The summed E-state index contributed by atoms with van der Waals surface area (Å²) in [5.74, 6) is 1.32. The molecule has 0 fully saturated rings. The molecule has 1 N–H and O–H groups in total. The summed E-state index contributed by atoms with van der Waals surface area (Å²) < 4.78 is 20.3. The fourth-order valence-electron chi connectivity index (χ4n) is 2.06. The van der Waals surface area contributed by atoms with Gasteiger partial charge in [-0.05, 0) is 17.7 Å². The predicted octanol–water partition coefficient (Wildman–Crippen LogP) is 0.765. The maximum absolute atomic E-state index is 12.1. The molecule has 1 heterocycles. The second kappa shape index (κ2) is 8.67. The summed E-state index contributed by atoms with van der Waals surface area (Å²) >= 11 is 0. The first-order valence-corrected chi connectivity index (χ1v) is 7.40. The number of amides is 1. The van der Waals surface area contributed by atoms with E-state index < -0.39 is 0 Å². The number of carbonyl (C=O) groups excluding carboxylic acids is 1. The number of ether oxygens (including phenoxy) is 4. The lowest BCUT2D eigenvalue weighted by atomic mass is 10.1. The largest absolute Gasteiger partial charge is 0.493 e. The van der Waals surface area contributed by atoms with Gasteiger partial charge in [0, 0.05) is 0 Å². The molecule has 25 heavy (non-hydrogen) atoms. The van der Waals surface area contributed by atoms with Gasteiger partial charge >= 0.3 is 12.0 Å². The molecule has 0 atom stereocenters. The van der Waals surface area contributed by atoms with Crippen LogP contribution in [0.25, 0.3) is 0 Å². The monoisotopic (exact) mass is 348 g/mol. The van der Waals surface area contributed by atoms with Gasteiger partial charge in [-0.3, -0.25) is 4.79 Å². The van der Waals surface area contributed by atoms with Crippen molar-refractivity contribution in [3.8, 4) is 23.5 Å². The molecule has 0 spiro atoms. The molecule has 1 aromatic carbocycles. The molecule has 2 rings (SSSR count). The molecule has 0 aliphatic carbocycles. The summed E-state index contributed by atoms with van der Waals surface area (Å²) in [5.41, 5.74) is 0.793. The highest BCUT2D eigenvalue weighted by Gasteiger charge is 2.11. The lowest BCUT2D eigenvalue weighted by molar-refractivity contribution is -0.120. The predicted molar refractivity (Wildman–Crippen MR) is 88.0 cm³/mol. The van der Waals surface area contributed by atoms with Crippen LogP contribution >= 0.6 is 0 Å². The Kier molecular flexibility index (Phi) is 6.33. The van der Waals surface area contributed by atoms with Gasteiger partial charge in [0.2, 0.25) is 5.91 Å². The standard InChI is InChI=1S/C16H20N4O5/c1-22-11-6-5-10(7-12(11)23-2)8-14(21)17-9-13-18-15(24-3)20-16(19-13)25-4/h5-7H,8-9H2,1-4H3,(H,17,21). The van der Waals surface area contributed by atoms with Crippen molar-refractivity contribution in [2.45, 2.75) is 13.0 Å². The third-order valence-electron chi connectivity index (χ3n) is 3.26. The maximum atomic E-state index is 12.1. The maximum Gasteiger partial charge on any atom is 0.322 e. The number of methoxy groups -OCH3 is 4. The Morgan fingerprint density at radius 2 is 1.56 bits per heavy atom. The first-order valence-electron chi connectivity index (χ1n) is 7.40. The first-order chi connectivity index (χ1) is 12.1. The van der Waals surface area contributed by atoms with Crippen LogP contribution < -0.4 is 24.3 Å². The van der Waals surface area contributed by atoms with Crippen LogP contribution in [0.15, 0.2) is 18.2 Å². The Labute approximate surface area is 145 Å². The van der Waals surface area contributed by atoms with Gasteiger partial charge in [0.05, 0.1) is 41.4 Å². The van der Waals surface area contributed by atoms with Gasteiger partial charge in [-0.15, -0.1) is 4.98 Å². The zero-order valence-corrected chi connectivity index (χ0v) is 14.5. The van der Waals surface area contributed by atoms with Gasteiger partial charge in [0.1, 0.15) is 0 Å². The molecule has 1 aromatic heterocycles. The number of hydrogen-bond donors (Lipinski definition) is 1. The topological polar surface area (TPSA) is 105 Å². The Bertz CT molecular complexity index is 716. The Morgan fingerprint density at radius 3 is 2.12 bits per heavy atom. The zero-order chi connectivity index (χ0) is 18.2. The summed E-state index contributed by atoms with van der Waals surface area (Å²) in [6, 6.07) is 5.55. The van der Waals surface area contributed by atoms with Gasteiger partial charge in [-0.1, -0.05) is 6.07 Å². The summed E-state index contributed by atoms with van der Waals surface area (Å²) in [4.78, 5) is 24.1. The van der Waals surface area contributed by atoms with Gasteiger partial charge in [0.25, 0.3) is 0 Å². The van der Waals surface area contributed by atoms with E-state index in [0.717, 1.165) is 5.56 Å². The number of aromatic nitrogens is 3. The summed E-state index contributed by atoms with van der Waals surface area (Å²) in [5, 5.41) is 2.74. The third kappa shape index (κ3) is 4.93. The summed E-state index contributed by atoms with van der Waals surface area (Å²) in [6.07, 6.45) is 0.180. The van der Waals surface area contributed by atoms with Crippen LogP contribution in [0.1, 0.15) is 11.4 Å². The molecule has 9 heteroatoms. The Balaban J connectivity index is 1.99. The molecule has 134 valence electrons. The minimum atomic E-state index is -0.189. The summed E-state index contributed by atoms with van der Waals surface area (Å²) in [6.45, 7) is 0.126. The number of hydrogen-bond acceptors (Lipinski definition) is 8. The van der Waals surface area contributed by atoms with Crippen LogP contribution in [-0.2, 0) is 17.8 Å². The second-order valence-electron chi connectivity index (χ2n) is 4.87. The van der Waals surface area contributed by atoms with E-state index in [0.29, 0.717) is 17.3 Å². The second-order valence-corrected chi connectivity index (χ2v) is 4.87. The first kappa shape index (κ1) is 18.2.